The number of phenolic OH excluding ortho intramolecular Hbond substituents is 2. The number of carboxylic acid groups (broad SMARTS) is 1. The third-order valence-corrected chi connectivity index (χ3v) is 10.3. The predicted molar refractivity (Wildman–Crippen MR) is 230 cm³/mol. The molecule has 0 fully saturated rings. The standard InChI is InChI=1S/C42H55N9O13/c1-4-22(2)36(45-20-26-7-5-6-8-28(26)43)42(62)49-30(17-24-9-12-27(53)13-10-24)40(60)50-32(21-52)41(61)46-23(3)38(58)48-31(18-25-11-15-34(54)33(19-25)51(63)64)39(59)47-29(37(44)57)14-16-35(55)56/h5-13,15,19,22-23,29-32,36,45,52-54H,4,14,16-18,20-21,43H2,1-3H3,(H2,44,57)(H,46,61)(H,47,59)(H,48,58)(H,49,62)(H,50,60)(H,55,56)/t22-,23-,29-,30-,31-,32-,36-/m0/s1. The van der Waals surface area contributed by atoms with Crippen molar-refractivity contribution in [1.29, 1.82) is 0 Å². The van der Waals surface area contributed by atoms with E-state index < -0.39 is 120 Å². The fraction of sp³-hybridized carbons (Fsp3) is 0.405. The summed E-state index contributed by atoms with van der Waals surface area (Å²) < 4.78 is 0. The highest BCUT2D eigenvalue weighted by molar-refractivity contribution is 5.96. The maximum atomic E-state index is 13.9. The van der Waals surface area contributed by atoms with E-state index in [-0.39, 0.29) is 30.2 Å². The number of rotatable bonds is 25. The smallest absolute Gasteiger partial charge is 0.310 e. The van der Waals surface area contributed by atoms with Crippen molar-refractivity contribution in [2.45, 2.75) is 95.7 Å². The number of anilines is 1. The number of nitrogens with two attached hydrogens (primary N) is 2. The fourth-order valence-corrected chi connectivity index (χ4v) is 6.30. The van der Waals surface area contributed by atoms with Crippen LogP contribution in [-0.2, 0) is 52.9 Å². The minimum atomic E-state index is -1.69. The van der Waals surface area contributed by atoms with Gasteiger partial charge in [-0.2, -0.15) is 0 Å². The van der Waals surface area contributed by atoms with E-state index in [2.05, 4.69) is 31.9 Å². The topological polar surface area (TPSA) is 368 Å². The molecule has 22 heteroatoms. The highest BCUT2D eigenvalue weighted by atomic mass is 16.6. The molecule has 3 rings (SSSR count). The Kier molecular flexibility index (Phi) is 19.4. The van der Waals surface area contributed by atoms with Gasteiger partial charge in [-0.15, -0.1) is 0 Å². The van der Waals surface area contributed by atoms with Crippen LogP contribution in [0.5, 0.6) is 11.5 Å². The summed E-state index contributed by atoms with van der Waals surface area (Å²) in [4.78, 5) is 102. The normalized spacial score (nSPS) is 14.2. The second-order valence-electron chi connectivity index (χ2n) is 15.1. The zero-order valence-corrected chi connectivity index (χ0v) is 35.4. The lowest BCUT2D eigenvalue weighted by Gasteiger charge is -2.28. The number of benzene rings is 3. The summed E-state index contributed by atoms with van der Waals surface area (Å²) in [6, 6.07) is 7.63. The maximum Gasteiger partial charge on any atom is 0.310 e. The zero-order valence-electron chi connectivity index (χ0n) is 35.4. The van der Waals surface area contributed by atoms with E-state index in [1.807, 2.05) is 13.8 Å². The number of nitro groups is 1. The molecule has 14 N–H and O–H groups in total. The molecule has 64 heavy (non-hydrogen) atoms. The van der Waals surface area contributed by atoms with Crippen LogP contribution in [0.3, 0.4) is 0 Å². The molecule has 0 radical (unpaired) electrons. The van der Waals surface area contributed by atoms with Gasteiger partial charge in [-0.1, -0.05) is 56.7 Å². The first kappa shape index (κ1) is 51.0. The Bertz CT molecular complexity index is 2150. The number of hydrogen-bond acceptors (Lipinski definition) is 14. The van der Waals surface area contributed by atoms with Gasteiger partial charge in [-0.05, 0) is 60.2 Å². The molecule has 0 heterocycles. The minimum Gasteiger partial charge on any atom is -0.508 e. The van der Waals surface area contributed by atoms with Crippen LogP contribution in [0.1, 0.15) is 56.7 Å². The number of hydrogen-bond donors (Lipinski definition) is 12. The van der Waals surface area contributed by atoms with Crippen molar-refractivity contribution in [1.82, 2.24) is 31.9 Å². The predicted octanol–water partition coefficient (Wildman–Crippen LogP) is -0.636. The second-order valence-corrected chi connectivity index (χ2v) is 15.1. The third-order valence-electron chi connectivity index (χ3n) is 10.3. The average Bonchev–Trinajstić information content (AvgIpc) is 3.24. The van der Waals surface area contributed by atoms with Crippen LogP contribution < -0.4 is 43.4 Å². The van der Waals surface area contributed by atoms with Gasteiger partial charge in [0.2, 0.25) is 35.4 Å². The van der Waals surface area contributed by atoms with E-state index in [9.17, 15) is 59.0 Å². The first-order chi connectivity index (χ1) is 30.2. The molecule has 0 spiro atoms. The Hall–Kier alpha value is -7.33. The molecule has 0 unspecified atom stereocenters. The van der Waals surface area contributed by atoms with E-state index in [0.717, 1.165) is 17.7 Å². The Morgan fingerprint density at radius 3 is 1.84 bits per heavy atom. The molecule has 3 aromatic rings. The number of aromatic hydroxyl groups is 2. The molecule has 7 atom stereocenters. The van der Waals surface area contributed by atoms with E-state index in [1.165, 1.54) is 37.3 Å². The van der Waals surface area contributed by atoms with Gasteiger partial charge in [0.25, 0.3) is 0 Å². The monoisotopic (exact) mass is 893 g/mol. The number of carbonyl (C=O) groups excluding carboxylic acids is 6. The number of aliphatic hydroxyl groups is 1. The van der Waals surface area contributed by atoms with Crippen LogP contribution in [0.15, 0.2) is 66.7 Å². The lowest BCUT2D eigenvalue weighted by molar-refractivity contribution is -0.385. The number of aliphatic hydroxyl groups excluding tert-OH is 1. The SMILES string of the molecule is CC[C@H](C)[C@H](NCc1ccccc1N)C(=O)N[C@@H](Cc1ccc(O)cc1)C(=O)N[C@@H](CO)C(=O)N[C@@H](C)C(=O)N[C@@H](Cc1ccc(O)c([N+](=O)[O-])c1)C(=O)N[C@@H](CCC(=O)O)C(N)=O. The Balaban J connectivity index is 1.81. The van der Waals surface area contributed by atoms with Crippen molar-refractivity contribution in [2.75, 3.05) is 12.3 Å². The van der Waals surface area contributed by atoms with E-state index >= 15 is 0 Å². The summed E-state index contributed by atoms with van der Waals surface area (Å²) in [5.41, 5.74) is 12.6. The third kappa shape index (κ3) is 15.5. The first-order valence-electron chi connectivity index (χ1n) is 20.2. The lowest BCUT2D eigenvalue weighted by atomic mass is 9.96. The van der Waals surface area contributed by atoms with Gasteiger partial charge in [0.05, 0.1) is 17.6 Å². The number of nitrogens with zero attached hydrogens (tertiary/aromatic N) is 1. The molecule has 22 nitrogen and oxygen atoms in total. The highest BCUT2D eigenvalue weighted by Gasteiger charge is 2.33. The fourth-order valence-electron chi connectivity index (χ4n) is 6.30. The Morgan fingerprint density at radius 2 is 1.28 bits per heavy atom. The van der Waals surface area contributed by atoms with Crippen LogP contribution >= 0.6 is 0 Å². The summed E-state index contributed by atoms with van der Waals surface area (Å²) in [5.74, 6) is -7.95. The molecular formula is C42H55N9O13. The van der Waals surface area contributed by atoms with Gasteiger partial charge in [0.15, 0.2) is 5.75 Å². The van der Waals surface area contributed by atoms with E-state index in [4.69, 9.17) is 16.6 Å². The molecular weight excluding hydrogens is 839 g/mol. The molecule has 0 saturated carbocycles. The van der Waals surface area contributed by atoms with Gasteiger partial charge < -0.3 is 63.8 Å². The number of nitrogens with one attached hydrogen (secondary N) is 6. The largest absolute Gasteiger partial charge is 0.508 e. The average molecular weight is 894 g/mol. The molecule has 0 aromatic heterocycles. The van der Waals surface area contributed by atoms with Crippen molar-refractivity contribution in [3.63, 3.8) is 0 Å². The number of carboxylic acids is 1. The number of phenols is 2. The van der Waals surface area contributed by atoms with Crippen LogP contribution in [0.25, 0.3) is 0 Å². The summed E-state index contributed by atoms with van der Waals surface area (Å²) in [7, 11) is 0. The molecule has 0 saturated heterocycles. The van der Waals surface area contributed by atoms with Crippen LogP contribution in [-0.4, -0.2) is 110 Å². The molecule has 3 aromatic carbocycles. The van der Waals surface area contributed by atoms with Crippen molar-refractivity contribution >= 4 is 52.8 Å². The molecule has 0 aliphatic rings. The number of amides is 6. The Labute approximate surface area is 367 Å². The van der Waals surface area contributed by atoms with Gasteiger partial charge >= 0.3 is 11.7 Å². The van der Waals surface area contributed by atoms with Crippen molar-refractivity contribution < 1.29 is 58.9 Å². The summed E-state index contributed by atoms with van der Waals surface area (Å²) >= 11 is 0. The van der Waals surface area contributed by atoms with Crippen molar-refractivity contribution in [2.24, 2.45) is 11.7 Å². The van der Waals surface area contributed by atoms with Gasteiger partial charge in [0.1, 0.15) is 36.0 Å². The van der Waals surface area contributed by atoms with Crippen LogP contribution in [0.2, 0.25) is 0 Å². The molecule has 0 aliphatic carbocycles. The summed E-state index contributed by atoms with van der Waals surface area (Å²) in [6.07, 6.45) is -0.989. The van der Waals surface area contributed by atoms with Crippen molar-refractivity contribution in [3.05, 3.63) is 93.5 Å². The van der Waals surface area contributed by atoms with Gasteiger partial charge in [0, 0.05) is 37.6 Å². The summed E-state index contributed by atoms with van der Waals surface area (Å²) in [6.45, 7) is 4.18. The zero-order chi connectivity index (χ0) is 47.7. The second kappa shape index (κ2) is 24.3. The first-order valence-corrected chi connectivity index (χ1v) is 20.2. The molecule has 0 aliphatic heterocycles. The molecule has 346 valence electrons. The van der Waals surface area contributed by atoms with Crippen LogP contribution in [0, 0.1) is 16.0 Å². The number of nitro benzene ring substituents is 1. The van der Waals surface area contributed by atoms with Gasteiger partial charge in [-0.25, -0.2) is 0 Å². The maximum absolute atomic E-state index is 13.9. The van der Waals surface area contributed by atoms with Crippen molar-refractivity contribution in [3.8, 4) is 11.5 Å². The minimum absolute atomic E-state index is 0.0490. The Morgan fingerprint density at radius 1 is 0.734 bits per heavy atom. The van der Waals surface area contributed by atoms with E-state index in [0.29, 0.717) is 17.7 Å². The lowest BCUT2D eigenvalue weighted by Crippen LogP contribution is -2.60. The summed E-state index contributed by atoms with van der Waals surface area (Å²) in [5, 5.41) is 65.8. The number of para-hydroxylation sites is 1. The molecule has 6 amide bonds. The number of primary amides is 1. The van der Waals surface area contributed by atoms with Gasteiger partial charge in [-0.3, -0.25) is 43.7 Å². The molecule has 0 bridgehead atoms. The highest BCUT2D eigenvalue weighted by Crippen LogP contribution is 2.27. The van der Waals surface area contributed by atoms with E-state index in [1.54, 1.807) is 24.3 Å². The number of carbonyl (C=O) groups is 7. The number of nitrogen functional groups attached to an aromatic ring is 1. The van der Waals surface area contributed by atoms with Crippen LogP contribution in [0.4, 0.5) is 11.4 Å². The number of aliphatic carboxylic acids is 1. The quantitative estimate of drug-likeness (QED) is 0.0286.